The number of likely N-dealkylation sites (tertiary alicyclic amines) is 1. The second-order valence-corrected chi connectivity index (χ2v) is 7.97. The largest absolute Gasteiger partial charge is 0.488 e. The fraction of sp³-hybridized carbons (Fsp3) is 0.240. The van der Waals surface area contributed by atoms with Crippen LogP contribution in [0.5, 0.6) is 5.75 Å². The van der Waals surface area contributed by atoms with Gasteiger partial charge in [-0.3, -0.25) is 9.88 Å². The van der Waals surface area contributed by atoms with E-state index in [0.29, 0.717) is 5.75 Å². The smallest absolute Gasteiger partial charge is 0.410 e. The Morgan fingerprint density at radius 2 is 1.59 bits per heavy atom. The van der Waals surface area contributed by atoms with Crippen molar-refractivity contribution in [3.05, 3.63) is 84.2 Å². The molecule has 0 unspecified atom stereocenters. The average Bonchev–Trinajstić information content (AvgIpc) is 3.38. The molecule has 7 heteroatoms. The fourth-order valence-electron chi connectivity index (χ4n) is 4.60. The number of aliphatic carboxylic acids is 1. The third kappa shape index (κ3) is 3.66. The molecule has 0 radical (unpaired) electrons. The molecule has 162 valence electrons. The number of carboxylic acids is 1. The summed E-state index contributed by atoms with van der Waals surface area (Å²) in [6, 6.07) is 18.6. The van der Waals surface area contributed by atoms with Gasteiger partial charge in [0, 0.05) is 24.7 Å². The molecule has 0 bridgehead atoms. The Labute approximate surface area is 185 Å². The maximum atomic E-state index is 12.9. The molecule has 2 aliphatic rings. The van der Waals surface area contributed by atoms with Gasteiger partial charge in [-0.05, 0) is 34.4 Å². The first-order chi connectivity index (χ1) is 15.6. The van der Waals surface area contributed by atoms with Crippen LogP contribution in [0.1, 0.15) is 23.5 Å². The highest BCUT2D eigenvalue weighted by Crippen LogP contribution is 2.44. The van der Waals surface area contributed by atoms with Gasteiger partial charge in [0.05, 0.1) is 6.54 Å². The summed E-state index contributed by atoms with van der Waals surface area (Å²) in [7, 11) is 0. The van der Waals surface area contributed by atoms with Crippen molar-refractivity contribution in [3.63, 3.8) is 0 Å². The number of carbonyl (C=O) groups is 2. The third-order valence-corrected chi connectivity index (χ3v) is 6.07. The van der Waals surface area contributed by atoms with E-state index >= 15 is 0 Å². The summed E-state index contributed by atoms with van der Waals surface area (Å²) in [6.07, 6.45) is 2.32. The van der Waals surface area contributed by atoms with Crippen LogP contribution in [0.15, 0.2) is 73.1 Å². The Kier molecular flexibility index (Phi) is 5.23. The first kappa shape index (κ1) is 20.1. The van der Waals surface area contributed by atoms with E-state index in [1.54, 1.807) is 24.5 Å². The second kappa shape index (κ2) is 8.34. The number of hydrogen-bond acceptors (Lipinski definition) is 5. The first-order valence-electron chi connectivity index (χ1n) is 10.5. The number of carboxylic acid groups (broad SMARTS) is 1. The van der Waals surface area contributed by atoms with Crippen LogP contribution in [0.3, 0.4) is 0 Å². The number of benzene rings is 2. The minimum atomic E-state index is -1.07. The van der Waals surface area contributed by atoms with Gasteiger partial charge in [0.15, 0.2) is 0 Å². The van der Waals surface area contributed by atoms with Crippen molar-refractivity contribution in [2.45, 2.75) is 24.5 Å². The predicted octanol–water partition coefficient (Wildman–Crippen LogP) is 3.94. The van der Waals surface area contributed by atoms with Crippen LogP contribution < -0.4 is 4.74 Å². The molecule has 1 N–H and O–H groups in total. The number of rotatable bonds is 5. The van der Waals surface area contributed by atoms with E-state index in [4.69, 9.17) is 9.47 Å². The molecular formula is C25H22N2O5. The second-order valence-electron chi connectivity index (χ2n) is 7.97. The zero-order valence-corrected chi connectivity index (χ0v) is 17.3. The van der Waals surface area contributed by atoms with Crippen molar-refractivity contribution >= 4 is 12.1 Å². The molecule has 0 spiro atoms. The molecule has 32 heavy (non-hydrogen) atoms. The molecule has 1 amide bonds. The van der Waals surface area contributed by atoms with E-state index in [2.05, 4.69) is 17.1 Å². The highest BCUT2D eigenvalue weighted by atomic mass is 16.6. The minimum absolute atomic E-state index is 0.0823. The number of fused-ring (bicyclic) bond motifs is 3. The normalized spacial score (nSPS) is 19.3. The molecule has 2 heterocycles. The SMILES string of the molecule is O=C(O)[C@@H]1C[C@@H](Oc2ccncc2)CN1C(=O)OCC1c2ccccc2-c2ccccc21. The number of hydrogen-bond donors (Lipinski definition) is 1. The van der Waals surface area contributed by atoms with Crippen LogP contribution in [0, 0.1) is 0 Å². The zero-order chi connectivity index (χ0) is 22.1. The minimum Gasteiger partial charge on any atom is -0.488 e. The van der Waals surface area contributed by atoms with Crippen molar-refractivity contribution in [2.24, 2.45) is 0 Å². The van der Waals surface area contributed by atoms with Crippen LogP contribution in [-0.4, -0.2) is 52.4 Å². The van der Waals surface area contributed by atoms with E-state index in [0.717, 1.165) is 22.3 Å². The lowest BCUT2D eigenvalue weighted by Crippen LogP contribution is -2.41. The molecule has 1 aromatic heterocycles. The third-order valence-electron chi connectivity index (χ3n) is 6.07. The van der Waals surface area contributed by atoms with Gasteiger partial charge in [-0.2, -0.15) is 0 Å². The topological polar surface area (TPSA) is 89.0 Å². The molecule has 1 aliphatic heterocycles. The summed E-state index contributed by atoms with van der Waals surface area (Å²) in [5, 5.41) is 9.64. The molecule has 7 nitrogen and oxygen atoms in total. The summed E-state index contributed by atoms with van der Waals surface area (Å²) in [6.45, 7) is 0.293. The lowest BCUT2D eigenvalue weighted by Gasteiger charge is -2.22. The molecule has 0 saturated carbocycles. The van der Waals surface area contributed by atoms with Gasteiger partial charge in [0.25, 0.3) is 0 Å². The molecule has 2 aromatic carbocycles. The molecule has 1 saturated heterocycles. The Morgan fingerprint density at radius 1 is 0.969 bits per heavy atom. The van der Waals surface area contributed by atoms with E-state index < -0.39 is 24.2 Å². The standard InChI is InChI=1S/C25H22N2O5/c28-24(29)23-13-17(32-16-9-11-26-12-10-16)14-27(23)25(30)31-15-22-20-7-3-1-5-18(20)19-6-2-4-8-21(19)22/h1-12,17,22-23H,13-15H2,(H,28,29)/t17-,23+/m1/s1. The fourth-order valence-corrected chi connectivity index (χ4v) is 4.60. The molecule has 1 aliphatic carbocycles. The number of nitrogens with zero attached hydrogens (tertiary/aromatic N) is 2. The van der Waals surface area contributed by atoms with Gasteiger partial charge < -0.3 is 14.6 Å². The summed E-state index contributed by atoms with van der Waals surface area (Å²) in [5.74, 6) is -0.566. The Bertz CT molecular complexity index is 1100. The number of aromatic nitrogens is 1. The van der Waals surface area contributed by atoms with Gasteiger partial charge in [0.2, 0.25) is 0 Å². The van der Waals surface area contributed by atoms with Crippen LogP contribution in [0.4, 0.5) is 4.79 Å². The summed E-state index contributed by atoms with van der Waals surface area (Å²) in [5.41, 5.74) is 4.49. The van der Waals surface area contributed by atoms with Gasteiger partial charge in [-0.15, -0.1) is 0 Å². The van der Waals surface area contributed by atoms with Crippen molar-refractivity contribution in [3.8, 4) is 16.9 Å². The maximum Gasteiger partial charge on any atom is 0.410 e. The maximum absolute atomic E-state index is 12.9. The highest BCUT2D eigenvalue weighted by molar-refractivity contribution is 5.81. The summed E-state index contributed by atoms with van der Waals surface area (Å²) >= 11 is 0. The highest BCUT2D eigenvalue weighted by Gasteiger charge is 2.42. The van der Waals surface area contributed by atoms with Crippen molar-refractivity contribution in [1.82, 2.24) is 9.88 Å². The van der Waals surface area contributed by atoms with Gasteiger partial charge in [0.1, 0.15) is 24.5 Å². The molecule has 2 atom stereocenters. The van der Waals surface area contributed by atoms with Gasteiger partial charge in [-0.25, -0.2) is 9.59 Å². The van der Waals surface area contributed by atoms with Crippen LogP contribution in [0.2, 0.25) is 0 Å². The van der Waals surface area contributed by atoms with Crippen LogP contribution in [-0.2, 0) is 9.53 Å². The first-order valence-corrected chi connectivity index (χ1v) is 10.5. The lowest BCUT2D eigenvalue weighted by atomic mass is 9.98. The Balaban J connectivity index is 1.30. The van der Waals surface area contributed by atoms with E-state index in [1.165, 1.54) is 4.90 Å². The number of carbonyl (C=O) groups excluding carboxylic acids is 1. The number of amides is 1. The summed E-state index contributed by atoms with van der Waals surface area (Å²) in [4.78, 5) is 29.9. The quantitative estimate of drug-likeness (QED) is 0.660. The van der Waals surface area contributed by atoms with E-state index in [-0.39, 0.29) is 25.5 Å². The Morgan fingerprint density at radius 3 is 2.22 bits per heavy atom. The summed E-state index contributed by atoms with van der Waals surface area (Å²) < 4.78 is 11.5. The van der Waals surface area contributed by atoms with E-state index in [1.807, 2.05) is 36.4 Å². The zero-order valence-electron chi connectivity index (χ0n) is 17.3. The number of ether oxygens (including phenoxy) is 2. The molecule has 3 aromatic rings. The van der Waals surface area contributed by atoms with Gasteiger partial charge >= 0.3 is 12.1 Å². The van der Waals surface area contributed by atoms with Crippen LogP contribution >= 0.6 is 0 Å². The van der Waals surface area contributed by atoms with Crippen LogP contribution in [0.25, 0.3) is 11.1 Å². The average molecular weight is 430 g/mol. The van der Waals surface area contributed by atoms with Crippen molar-refractivity contribution < 1.29 is 24.2 Å². The molecule has 1 fully saturated rings. The number of pyridine rings is 1. The van der Waals surface area contributed by atoms with Crippen molar-refractivity contribution in [1.29, 1.82) is 0 Å². The van der Waals surface area contributed by atoms with E-state index in [9.17, 15) is 14.7 Å². The molecule has 5 rings (SSSR count). The predicted molar refractivity (Wildman–Crippen MR) is 116 cm³/mol. The Hall–Kier alpha value is -3.87. The molecular weight excluding hydrogens is 408 g/mol. The van der Waals surface area contributed by atoms with Crippen molar-refractivity contribution in [2.75, 3.05) is 13.2 Å². The van der Waals surface area contributed by atoms with Gasteiger partial charge in [-0.1, -0.05) is 48.5 Å². The monoisotopic (exact) mass is 430 g/mol. The lowest BCUT2D eigenvalue weighted by molar-refractivity contribution is -0.141.